The fourth-order valence-electron chi connectivity index (χ4n) is 2.98. The van der Waals surface area contributed by atoms with Gasteiger partial charge in [-0.3, -0.25) is 9.78 Å². The highest BCUT2D eigenvalue weighted by atomic mass is 35.5. The smallest absolute Gasteiger partial charge is 0.255 e. The first kappa shape index (κ1) is 22.2. The van der Waals surface area contributed by atoms with Gasteiger partial charge in [-0.2, -0.15) is 0 Å². The number of carbonyl (C=O) groups is 1. The molecule has 1 fully saturated rings. The Morgan fingerprint density at radius 1 is 1.15 bits per heavy atom. The van der Waals surface area contributed by atoms with Gasteiger partial charge in [-0.25, -0.2) is 0 Å². The SMILES string of the molecule is CC1CNCCN1C(=O)c1cncc(-c2ccc(N(C)C)cc2)c1.Cl.Cl. The number of anilines is 1. The largest absolute Gasteiger partial charge is 0.378 e. The standard InChI is InChI=1S/C19H24N4O.2ClH/c1-14-11-20-8-9-23(14)19(24)17-10-16(12-21-13-17)15-4-6-18(7-5-15)22(2)3;;/h4-7,10,12-14,20H,8-9,11H2,1-3H3;2*1H. The molecule has 0 bridgehead atoms. The van der Waals surface area contributed by atoms with Crippen LogP contribution in [0.15, 0.2) is 42.7 Å². The molecule has 1 aliphatic rings. The topological polar surface area (TPSA) is 48.5 Å². The molecule has 0 spiro atoms. The van der Waals surface area contributed by atoms with Gasteiger partial charge in [-0.1, -0.05) is 12.1 Å². The van der Waals surface area contributed by atoms with Crippen molar-refractivity contribution in [3.63, 3.8) is 0 Å². The van der Waals surface area contributed by atoms with Crippen molar-refractivity contribution in [2.75, 3.05) is 38.6 Å². The Morgan fingerprint density at radius 2 is 1.85 bits per heavy atom. The molecule has 5 nitrogen and oxygen atoms in total. The first-order chi connectivity index (χ1) is 11.6. The van der Waals surface area contributed by atoms with Crippen LogP contribution in [0.1, 0.15) is 17.3 Å². The van der Waals surface area contributed by atoms with Crippen LogP contribution in [0.25, 0.3) is 11.1 Å². The minimum absolute atomic E-state index is 0. The monoisotopic (exact) mass is 396 g/mol. The molecular weight excluding hydrogens is 371 g/mol. The highest BCUT2D eigenvalue weighted by molar-refractivity contribution is 5.95. The number of halogens is 2. The Morgan fingerprint density at radius 3 is 2.46 bits per heavy atom. The zero-order chi connectivity index (χ0) is 17.1. The lowest BCUT2D eigenvalue weighted by molar-refractivity contribution is 0.0655. The van der Waals surface area contributed by atoms with Crippen LogP contribution < -0.4 is 10.2 Å². The van der Waals surface area contributed by atoms with Crippen molar-refractivity contribution in [1.29, 1.82) is 0 Å². The number of aromatic nitrogens is 1. The Hall–Kier alpha value is -1.82. The highest BCUT2D eigenvalue weighted by Crippen LogP contribution is 2.23. The number of hydrogen-bond acceptors (Lipinski definition) is 4. The molecule has 2 aromatic rings. The molecule has 0 radical (unpaired) electrons. The maximum absolute atomic E-state index is 12.8. The van der Waals surface area contributed by atoms with Crippen LogP contribution in [0.2, 0.25) is 0 Å². The molecule has 1 saturated heterocycles. The molecule has 1 aromatic heterocycles. The Labute approximate surface area is 167 Å². The van der Waals surface area contributed by atoms with Gasteiger partial charge >= 0.3 is 0 Å². The maximum Gasteiger partial charge on any atom is 0.255 e. The van der Waals surface area contributed by atoms with Gasteiger partial charge in [0.15, 0.2) is 0 Å². The third-order valence-corrected chi connectivity index (χ3v) is 4.46. The van der Waals surface area contributed by atoms with Crippen molar-refractivity contribution in [2.24, 2.45) is 0 Å². The van der Waals surface area contributed by atoms with Gasteiger partial charge in [0.1, 0.15) is 0 Å². The van der Waals surface area contributed by atoms with Crippen LogP contribution in [-0.4, -0.2) is 55.6 Å². The normalized spacial score (nSPS) is 16.3. The number of hydrogen-bond donors (Lipinski definition) is 1. The first-order valence-corrected chi connectivity index (χ1v) is 8.31. The van der Waals surface area contributed by atoms with Gasteiger partial charge < -0.3 is 15.1 Å². The maximum atomic E-state index is 12.8. The third kappa shape index (κ3) is 4.87. The lowest BCUT2D eigenvalue weighted by Crippen LogP contribution is -2.52. The fourth-order valence-corrected chi connectivity index (χ4v) is 2.98. The Bertz CT molecular complexity index is 722. The summed E-state index contributed by atoms with van der Waals surface area (Å²) >= 11 is 0. The van der Waals surface area contributed by atoms with Gasteiger partial charge in [0.05, 0.1) is 5.56 Å². The van der Waals surface area contributed by atoms with Crippen molar-refractivity contribution in [3.8, 4) is 11.1 Å². The number of benzene rings is 1. The van der Waals surface area contributed by atoms with Crippen LogP contribution in [-0.2, 0) is 0 Å². The van der Waals surface area contributed by atoms with Crippen LogP contribution in [0.3, 0.4) is 0 Å². The summed E-state index contributed by atoms with van der Waals surface area (Å²) in [5.74, 6) is 0.0586. The Balaban J connectivity index is 0.00000169. The van der Waals surface area contributed by atoms with E-state index >= 15 is 0 Å². The number of piperazine rings is 1. The third-order valence-electron chi connectivity index (χ3n) is 4.46. The molecule has 0 saturated carbocycles. The van der Waals surface area contributed by atoms with Gasteiger partial charge in [-0.15, -0.1) is 24.8 Å². The molecule has 2 heterocycles. The second-order valence-corrected chi connectivity index (χ2v) is 6.46. The van der Waals surface area contributed by atoms with E-state index in [0.717, 1.165) is 36.4 Å². The number of nitrogens with zero attached hydrogens (tertiary/aromatic N) is 3. The molecule has 1 aromatic carbocycles. The van der Waals surface area contributed by atoms with E-state index in [9.17, 15) is 4.79 Å². The van der Waals surface area contributed by atoms with Crippen molar-refractivity contribution < 1.29 is 4.79 Å². The number of pyridine rings is 1. The molecule has 1 unspecified atom stereocenters. The van der Waals surface area contributed by atoms with Gasteiger partial charge in [-0.05, 0) is 30.7 Å². The lowest BCUT2D eigenvalue weighted by Gasteiger charge is -2.34. The van der Waals surface area contributed by atoms with Crippen molar-refractivity contribution >= 4 is 36.4 Å². The van der Waals surface area contributed by atoms with E-state index in [1.54, 1.807) is 6.20 Å². The molecule has 3 rings (SSSR count). The van der Waals surface area contributed by atoms with Crippen molar-refractivity contribution in [2.45, 2.75) is 13.0 Å². The zero-order valence-electron chi connectivity index (χ0n) is 15.3. The molecule has 1 atom stereocenters. The number of nitrogens with one attached hydrogen (secondary N) is 1. The van der Waals surface area contributed by atoms with Crippen LogP contribution >= 0.6 is 24.8 Å². The number of rotatable bonds is 3. The highest BCUT2D eigenvalue weighted by Gasteiger charge is 2.24. The van der Waals surface area contributed by atoms with E-state index in [0.29, 0.717) is 5.56 Å². The quantitative estimate of drug-likeness (QED) is 0.865. The summed E-state index contributed by atoms with van der Waals surface area (Å²) < 4.78 is 0. The van der Waals surface area contributed by atoms with Crippen LogP contribution in [0.4, 0.5) is 5.69 Å². The van der Waals surface area contributed by atoms with E-state index in [1.165, 1.54) is 0 Å². The summed E-state index contributed by atoms with van der Waals surface area (Å²) in [6.07, 6.45) is 3.47. The Kier molecular flexibility index (Phi) is 8.34. The van der Waals surface area contributed by atoms with E-state index in [-0.39, 0.29) is 36.8 Å². The fraction of sp³-hybridized carbons (Fsp3) is 0.368. The summed E-state index contributed by atoms with van der Waals surface area (Å²) in [6, 6.07) is 10.4. The predicted octanol–water partition coefficient (Wildman–Crippen LogP) is 3.09. The lowest BCUT2D eigenvalue weighted by atomic mass is 10.0. The zero-order valence-corrected chi connectivity index (χ0v) is 16.9. The van der Waals surface area contributed by atoms with Gasteiger partial charge in [0.2, 0.25) is 0 Å². The summed E-state index contributed by atoms with van der Waals surface area (Å²) in [5.41, 5.74) is 3.83. The number of amides is 1. The molecule has 1 aliphatic heterocycles. The van der Waals surface area contributed by atoms with Crippen molar-refractivity contribution in [1.82, 2.24) is 15.2 Å². The van der Waals surface area contributed by atoms with E-state index < -0.39 is 0 Å². The summed E-state index contributed by atoms with van der Waals surface area (Å²) in [4.78, 5) is 21.1. The van der Waals surface area contributed by atoms with E-state index in [1.807, 2.05) is 31.3 Å². The average Bonchev–Trinajstić information content (AvgIpc) is 2.62. The second kappa shape index (κ2) is 9.76. The van der Waals surface area contributed by atoms with E-state index in [4.69, 9.17) is 0 Å². The first-order valence-electron chi connectivity index (χ1n) is 8.31. The molecule has 1 N–H and O–H groups in total. The molecule has 0 aliphatic carbocycles. The minimum atomic E-state index is 0. The molecular formula is C19H26Cl2N4O. The van der Waals surface area contributed by atoms with Gasteiger partial charge in [0, 0.05) is 63.4 Å². The molecule has 26 heavy (non-hydrogen) atoms. The summed E-state index contributed by atoms with van der Waals surface area (Å²) in [7, 11) is 4.04. The van der Waals surface area contributed by atoms with Crippen LogP contribution in [0, 0.1) is 0 Å². The van der Waals surface area contributed by atoms with Gasteiger partial charge in [0.25, 0.3) is 5.91 Å². The molecule has 7 heteroatoms. The predicted molar refractivity (Wildman–Crippen MR) is 112 cm³/mol. The molecule has 142 valence electrons. The van der Waals surface area contributed by atoms with Crippen molar-refractivity contribution in [3.05, 3.63) is 48.3 Å². The minimum Gasteiger partial charge on any atom is -0.378 e. The summed E-state index contributed by atoms with van der Waals surface area (Å²) in [6.45, 7) is 4.49. The number of carbonyl (C=O) groups excluding carboxylic acids is 1. The average molecular weight is 397 g/mol. The van der Waals surface area contributed by atoms with E-state index in [2.05, 4.69) is 46.4 Å². The van der Waals surface area contributed by atoms with Crippen LogP contribution in [0.5, 0.6) is 0 Å². The second-order valence-electron chi connectivity index (χ2n) is 6.46. The summed E-state index contributed by atoms with van der Waals surface area (Å²) in [5, 5.41) is 3.31. The molecule has 1 amide bonds.